The van der Waals surface area contributed by atoms with E-state index in [1.54, 1.807) is 48.5 Å². The molecule has 0 saturated heterocycles. The Balaban J connectivity index is 1.84. The van der Waals surface area contributed by atoms with Gasteiger partial charge in [0.25, 0.3) is 17.7 Å². The summed E-state index contributed by atoms with van der Waals surface area (Å²) < 4.78 is 0. The first kappa shape index (κ1) is 15.9. The van der Waals surface area contributed by atoms with Crippen LogP contribution in [0, 0.1) is 0 Å². The number of carbonyl (C=O) groups excluding carboxylic acids is 3. The molecular formula is C18H16N2O4. The lowest BCUT2D eigenvalue weighted by atomic mass is 10.1. The minimum Gasteiger partial charge on any atom is -0.274 e. The number of rotatable bonds is 4. The fourth-order valence-electron chi connectivity index (χ4n) is 2.63. The molecule has 0 aromatic heterocycles. The third-order valence-corrected chi connectivity index (χ3v) is 3.95. The first-order valence-corrected chi connectivity index (χ1v) is 7.39. The molecule has 0 bridgehead atoms. The van der Waals surface area contributed by atoms with Crippen LogP contribution in [0.15, 0.2) is 48.5 Å². The molecule has 6 heteroatoms. The molecule has 0 N–H and O–H groups in total. The van der Waals surface area contributed by atoms with E-state index in [4.69, 9.17) is 4.84 Å². The average Bonchev–Trinajstić information content (AvgIpc) is 2.86. The normalized spacial score (nSPS) is 13.2. The summed E-state index contributed by atoms with van der Waals surface area (Å²) >= 11 is 0. The van der Waals surface area contributed by atoms with Gasteiger partial charge < -0.3 is 0 Å². The fraction of sp³-hybridized carbons (Fsp3) is 0.167. The van der Waals surface area contributed by atoms with E-state index in [2.05, 4.69) is 0 Å². The monoisotopic (exact) mass is 324 g/mol. The number of hydrogen-bond acceptors (Lipinski definition) is 4. The van der Waals surface area contributed by atoms with Crippen molar-refractivity contribution < 1.29 is 19.2 Å². The van der Waals surface area contributed by atoms with Crippen LogP contribution in [-0.4, -0.2) is 41.8 Å². The van der Waals surface area contributed by atoms with Gasteiger partial charge in [0, 0.05) is 12.6 Å². The van der Waals surface area contributed by atoms with Crippen LogP contribution in [0.3, 0.4) is 0 Å². The van der Waals surface area contributed by atoms with Gasteiger partial charge in [-0.1, -0.05) is 24.3 Å². The van der Waals surface area contributed by atoms with Crippen molar-refractivity contribution in [1.82, 2.24) is 9.96 Å². The zero-order valence-electron chi connectivity index (χ0n) is 13.4. The third kappa shape index (κ3) is 2.68. The van der Waals surface area contributed by atoms with E-state index in [0.717, 1.165) is 5.06 Å². The Hall–Kier alpha value is -2.99. The Labute approximate surface area is 139 Å². The topological polar surface area (TPSA) is 66.9 Å². The van der Waals surface area contributed by atoms with Crippen molar-refractivity contribution >= 4 is 17.7 Å². The van der Waals surface area contributed by atoms with Gasteiger partial charge in [-0.15, -0.1) is 0 Å². The Morgan fingerprint density at radius 3 is 2.25 bits per heavy atom. The summed E-state index contributed by atoms with van der Waals surface area (Å²) in [5.41, 5.74) is 1.94. The van der Waals surface area contributed by atoms with Crippen LogP contribution < -0.4 is 0 Å². The molecule has 24 heavy (non-hydrogen) atoms. The first-order chi connectivity index (χ1) is 11.5. The highest BCUT2D eigenvalue weighted by molar-refractivity contribution is 6.21. The highest BCUT2D eigenvalue weighted by Crippen LogP contribution is 2.24. The van der Waals surface area contributed by atoms with Gasteiger partial charge >= 0.3 is 0 Å². The molecule has 0 unspecified atom stereocenters. The molecule has 0 spiro atoms. The van der Waals surface area contributed by atoms with E-state index in [1.165, 1.54) is 19.1 Å². The second kappa shape index (κ2) is 6.25. The molecule has 2 aromatic carbocycles. The van der Waals surface area contributed by atoms with Crippen molar-refractivity contribution in [2.75, 3.05) is 14.2 Å². The average molecular weight is 324 g/mol. The van der Waals surface area contributed by atoms with Crippen LogP contribution >= 0.6 is 0 Å². The lowest BCUT2D eigenvalue weighted by Gasteiger charge is -2.16. The Bertz CT molecular complexity index is 796. The van der Waals surface area contributed by atoms with Crippen molar-refractivity contribution in [2.24, 2.45) is 0 Å². The summed E-state index contributed by atoms with van der Waals surface area (Å²) in [4.78, 5) is 43.0. The van der Waals surface area contributed by atoms with E-state index in [1.807, 2.05) is 0 Å². The summed E-state index contributed by atoms with van der Waals surface area (Å²) in [6.07, 6.45) is 0. The van der Waals surface area contributed by atoms with Gasteiger partial charge in [-0.2, -0.15) is 0 Å². The van der Waals surface area contributed by atoms with E-state index in [9.17, 15) is 14.4 Å². The zero-order chi connectivity index (χ0) is 17.3. The van der Waals surface area contributed by atoms with Gasteiger partial charge in [0.15, 0.2) is 0 Å². The maximum Gasteiger partial charge on any atom is 0.277 e. The fourth-order valence-corrected chi connectivity index (χ4v) is 2.63. The molecule has 122 valence electrons. The van der Waals surface area contributed by atoms with Crippen molar-refractivity contribution in [3.63, 3.8) is 0 Å². The zero-order valence-corrected chi connectivity index (χ0v) is 13.4. The van der Waals surface area contributed by atoms with Crippen LogP contribution in [0.4, 0.5) is 0 Å². The molecule has 0 aliphatic carbocycles. The summed E-state index contributed by atoms with van der Waals surface area (Å²) in [6.45, 7) is 0.115. The van der Waals surface area contributed by atoms with Gasteiger partial charge in [-0.05, 0) is 29.8 Å². The highest BCUT2D eigenvalue weighted by Gasteiger charge is 2.35. The third-order valence-electron chi connectivity index (χ3n) is 3.95. The van der Waals surface area contributed by atoms with Crippen LogP contribution in [0.2, 0.25) is 0 Å². The van der Waals surface area contributed by atoms with Crippen molar-refractivity contribution in [3.05, 3.63) is 70.8 Å². The van der Waals surface area contributed by atoms with Crippen molar-refractivity contribution in [2.45, 2.75) is 6.54 Å². The number of hydrogen-bond donors (Lipinski definition) is 0. The lowest BCUT2D eigenvalue weighted by Crippen LogP contribution is -2.29. The minimum atomic E-state index is -0.318. The summed E-state index contributed by atoms with van der Waals surface area (Å²) in [7, 11) is 2.92. The minimum absolute atomic E-state index is 0.115. The number of carbonyl (C=O) groups is 3. The van der Waals surface area contributed by atoms with Crippen molar-refractivity contribution in [3.8, 4) is 0 Å². The van der Waals surface area contributed by atoms with E-state index in [-0.39, 0.29) is 24.3 Å². The van der Waals surface area contributed by atoms with Crippen molar-refractivity contribution in [1.29, 1.82) is 0 Å². The molecule has 3 amide bonds. The molecular weight excluding hydrogens is 308 g/mol. The van der Waals surface area contributed by atoms with Crippen LogP contribution in [0.25, 0.3) is 0 Å². The first-order valence-electron chi connectivity index (χ1n) is 7.39. The molecule has 6 nitrogen and oxygen atoms in total. The number of imide groups is 1. The summed E-state index contributed by atoms with van der Waals surface area (Å²) in [5.74, 6) is -0.940. The lowest BCUT2D eigenvalue weighted by molar-refractivity contribution is -0.0757. The van der Waals surface area contributed by atoms with Crippen LogP contribution in [0.1, 0.15) is 36.6 Å². The molecule has 0 radical (unpaired) electrons. The van der Waals surface area contributed by atoms with Gasteiger partial charge in [-0.25, -0.2) is 5.06 Å². The summed E-state index contributed by atoms with van der Waals surface area (Å²) in [6, 6.07) is 13.5. The standard InChI is InChI=1S/C18H16N2O4/c1-19(24-2)16(21)13-7-5-6-12(10-13)11-20-17(22)14-8-3-4-9-15(14)18(20)23/h3-10H,11H2,1-2H3. The van der Waals surface area contributed by atoms with E-state index < -0.39 is 0 Å². The quantitative estimate of drug-likeness (QED) is 0.638. The number of hydroxylamine groups is 2. The molecule has 1 aliphatic rings. The Kier molecular flexibility index (Phi) is 4.14. The molecule has 0 fully saturated rings. The second-order valence-electron chi connectivity index (χ2n) is 5.43. The molecule has 2 aromatic rings. The van der Waals surface area contributed by atoms with Gasteiger partial charge in [0.05, 0.1) is 24.8 Å². The molecule has 1 aliphatic heterocycles. The predicted octanol–water partition coefficient (Wildman–Crippen LogP) is 2.12. The number of benzene rings is 2. The van der Waals surface area contributed by atoms with Crippen LogP contribution in [-0.2, 0) is 11.4 Å². The largest absolute Gasteiger partial charge is 0.277 e. The van der Waals surface area contributed by atoms with Crippen LogP contribution in [0.5, 0.6) is 0 Å². The molecule has 0 atom stereocenters. The van der Waals surface area contributed by atoms with Gasteiger partial charge in [-0.3, -0.25) is 24.1 Å². The maximum absolute atomic E-state index is 12.4. The number of fused-ring (bicyclic) bond motifs is 1. The highest BCUT2D eigenvalue weighted by atomic mass is 16.7. The predicted molar refractivity (Wildman–Crippen MR) is 86.2 cm³/mol. The second-order valence-corrected chi connectivity index (χ2v) is 5.43. The Morgan fingerprint density at radius 2 is 1.67 bits per heavy atom. The smallest absolute Gasteiger partial charge is 0.274 e. The number of amides is 3. The van der Waals surface area contributed by atoms with E-state index in [0.29, 0.717) is 22.3 Å². The maximum atomic E-state index is 12.4. The van der Waals surface area contributed by atoms with E-state index >= 15 is 0 Å². The molecule has 0 saturated carbocycles. The molecule has 1 heterocycles. The SMILES string of the molecule is CON(C)C(=O)c1cccc(CN2C(=O)c3ccccc3C2=O)c1. The summed E-state index contributed by atoms with van der Waals surface area (Å²) in [5, 5.41) is 1.11. The van der Waals surface area contributed by atoms with Gasteiger partial charge in [0.2, 0.25) is 0 Å². The van der Waals surface area contributed by atoms with Gasteiger partial charge in [0.1, 0.15) is 0 Å². The Morgan fingerprint density at radius 1 is 1.04 bits per heavy atom. The molecule has 3 rings (SSSR count). The number of nitrogens with zero attached hydrogens (tertiary/aromatic N) is 2.